The van der Waals surface area contributed by atoms with Gasteiger partial charge >= 0.3 is 5.97 Å². The van der Waals surface area contributed by atoms with Crippen molar-refractivity contribution in [2.75, 3.05) is 7.11 Å². The van der Waals surface area contributed by atoms with E-state index in [1.807, 2.05) is 22.6 Å². The molecule has 0 fully saturated rings. The first kappa shape index (κ1) is 20.3. The molecule has 2 aromatic rings. The van der Waals surface area contributed by atoms with Gasteiger partial charge in [0.15, 0.2) is 11.5 Å². The number of nitro benzene ring substituents is 1. The Labute approximate surface area is 167 Å². The van der Waals surface area contributed by atoms with Gasteiger partial charge in [-0.25, -0.2) is 5.43 Å². The summed E-state index contributed by atoms with van der Waals surface area (Å²) < 4.78 is 11.0. The third kappa shape index (κ3) is 5.48. The zero-order chi connectivity index (χ0) is 20.0. The number of non-ortho nitro benzene ring substituents is 1. The highest BCUT2D eigenvalue weighted by molar-refractivity contribution is 14.1. The highest BCUT2D eigenvalue weighted by Crippen LogP contribution is 2.33. The Kier molecular flexibility index (Phi) is 6.82. The quantitative estimate of drug-likeness (QED) is 0.169. The van der Waals surface area contributed by atoms with Crippen molar-refractivity contribution in [1.82, 2.24) is 5.43 Å². The minimum atomic E-state index is -0.547. The van der Waals surface area contributed by atoms with Gasteiger partial charge < -0.3 is 9.47 Å². The predicted octanol–water partition coefficient (Wildman–Crippen LogP) is 2.90. The molecule has 0 atom stereocenters. The van der Waals surface area contributed by atoms with Gasteiger partial charge in [0.2, 0.25) is 0 Å². The molecule has 2 aromatic carbocycles. The molecule has 0 unspecified atom stereocenters. The van der Waals surface area contributed by atoms with E-state index in [4.69, 9.17) is 9.47 Å². The zero-order valence-corrected chi connectivity index (χ0v) is 16.4. The first-order valence-corrected chi connectivity index (χ1v) is 8.53. The second-order valence-electron chi connectivity index (χ2n) is 5.13. The van der Waals surface area contributed by atoms with E-state index in [-0.39, 0.29) is 11.3 Å². The van der Waals surface area contributed by atoms with E-state index < -0.39 is 16.8 Å². The Bertz CT molecular complexity index is 912. The van der Waals surface area contributed by atoms with E-state index in [9.17, 15) is 19.7 Å². The molecule has 0 saturated carbocycles. The number of carbonyl (C=O) groups is 2. The lowest BCUT2D eigenvalue weighted by Gasteiger charge is -2.10. The molecule has 27 heavy (non-hydrogen) atoms. The molecule has 0 aromatic heterocycles. The summed E-state index contributed by atoms with van der Waals surface area (Å²) in [5.74, 6) is -0.333. The molecular formula is C17H14IN3O6. The zero-order valence-electron chi connectivity index (χ0n) is 14.3. The van der Waals surface area contributed by atoms with Crippen LogP contribution in [0.15, 0.2) is 41.5 Å². The number of halogens is 1. The van der Waals surface area contributed by atoms with Gasteiger partial charge in [0.1, 0.15) is 0 Å². The fourth-order valence-electron chi connectivity index (χ4n) is 2.02. The second-order valence-corrected chi connectivity index (χ2v) is 6.29. The van der Waals surface area contributed by atoms with Crippen molar-refractivity contribution < 1.29 is 24.0 Å². The van der Waals surface area contributed by atoms with Crippen LogP contribution >= 0.6 is 22.6 Å². The van der Waals surface area contributed by atoms with E-state index in [0.717, 1.165) is 0 Å². The van der Waals surface area contributed by atoms with Gasteiger partial charge in [-0.1, -0.05) is 0 Å². The van der Waals surface area contributed by atoms with Crippen LogP contribution in [0.5, 0.6) is 11.5 Å². The van der Waals surface area contributed by atoms with Crippen LogP contribution in [-0.2, 0) is 4.79 Å². The number of benzene rings is 2. The predicted molar refractivity (Wildman–Crippen MR) is 105 cm³/mol. The average Bonchev–Trinajstić information content (AvgIpc) is 2.63. The molecule has 0 heterocycles. The molecule has 0 saturated heterocycles. The van der Waals surface area contributed by atoms with Gasteiger partial charge in [-0.15, -0.1) is 0 Å². The Morgan fingerprint density at radius 3 is 2.48 bits per heavy atom. The number of nitro groups is 1. The summed E-state index contributed by atoms with van der Waals surface area (Å²) in [5, 5.41) is 14.5. The van der Waals surface area contributed by atoms with Crippen LogP contribution in [0.3, 0.4) is 0 Å². The maximum absolute atomic E-state index is 12.0. The Morgan fingerprint density at radius 2 is 1.93 bits per heavy atom. The number of esters is 1. The first-order chi connectivity index (χ1) is 12.8. The molecule has 1 N–H and O–H groups in total. The SMILES string of the molecule is COc1cc(/C=N\NC(=O)c2ccc([N+](=O)[O-])cc2)cc(I)c1OC(C)=O. The Balaban J connectivity index is 2.11. The molecule has 0 aliphatic carbocycles. The van der Waals surface area contributed by atoms with Crippen molar-refractivity contribution >= 4 is 46.4 Å². The number of hydrogen-bond acceptors (Lipinski definition) is 7. The minimum Gasteiger partial charge on any atom is -0.493 e. The molecular weight excluding hydrogens is 469 g/mol. The summed E-state index contributed by atoms with van der Waals surface area (Å²) in [4.78, 5) is 33.2. The van der Waals surface area contributed by atoms with Crippen molar-refractivity contribution in [3.8, 4) is 11.5 Å². The lowest BCUT2D eigenvalue weighted by Crippen LogP contribution is -2.17. The van der Waals surface area contributed by atoms with Crippen molar-refractivity contribution in [3.63, 3.8) is 0 Å². The number of amides is 1. The largest absolute Gasteiger partial charge is 0.493 e. The highest BCUT2D eigenvalue weighted by Gasteiger charge is 2.13. The summed E-state index contributed by atoms with van der Waals surface area (Å²) in [6, 6.07) is 8.44. The molecule has 140 valence electrons. The Hall–Kier alpha value is -3.02. The topological polar surface area (TPSA) is 120 Å². The summed E-state index contributed by atoms with van der Waals surface area (Å²) in [6.07, 6.45) is 1.39. The summed E-state index contributed by atoms with van der Waals surface area (Å²) in [5.41, 5.74) is 3.06. The van der Waals surface area contributed by atoms with Crippen LogP contribution in [0.25, 0.3) is 0 Å². The molecule has 0 bridgehead atoms. The average molecular weight is 483 g/mol. The first-order valence-electron chi connectivity index (χ1n) is 7.45. The summed E-state index contributed by atoms with van der Waals surface area (Å²) >= 11 is 1.99. The Morgan fingerprint density at radius 1 is 1.26 bits per heavy atom. The second kappa shape index (κ2) is 9.07. The number of methoxy groups -OCH3 is 1. The van der Waals surface area contributed by atoms with Crippen molar-refractivity contribution in [2.45, 2.75) is 6.92 Å². The van der Waals surface area contributed by atoms with E-state index in [0.29, 0.717) is 20.6 Å². The molecule has 10 heteroatoms. The molecule has 0 aliphatic heterocycles. The number of hydrogen-bond donors (Lipinski definition) is 1. The van der Waals surface area contributed by atoms with E-state index in [1.165, 1.54) is 44.5 Å². The monoisotopic (exact) mass is 483 g/mol. The van der Waals surface area contributed by atoms with Crippen LogP contribution < -0.4 is 14.9 Å². The van der Waals surface area contributed by atoms with Crippen molar-refractivity contribution in [2.24, 2.45) is 5.10 Å². The van der Waals surface area contributed by atoms with Crippen LogP contribution in [0.1, 0.15) is 22.8 Å². The van der Waals surface area contributed by atoms with E-state index in [2.05, 4.69) is 10.5 Å². The molecule has 0 aliphatic rings. The molecule has 0 spiro atoms. The normalized spacial score (nSPS) is 10.5. The van der Waals surface area contributed by atoms with Crippen LogP contribution in [-0.4, -0.2) is 30.1 Å². The third-order valence-corrected chi connectivity index (χ3v) is 4.02. The molecule has 0 radical (unpaired) electrons. The maximum atomic E-state index is 12.0. The van der Waals surface area contributed by atoms with Gasteiger partial charge in [-0.05, 0) is 52.4 Å². The molecule has 9 nitrogen and oxygen atoms in total. The van der Waals surface area contributed by atoms with Crippen molar-refractivity contribution in [3.05, 3.63) is 61.2 Å². The third-order valence-electron chi connectivity index (χ3n) is 3.22. The standard InChI is InChI=1S/C17H14IN3O6/c1-10(22)27-16-14(18)7-11(8-15(16)26-2)9-19-20-17(23)12-3-5-13(6-4-12)21(24)25/h3-9H,1-2H3,(H,20,23)/b19-9-. The van der Waals surface area contributed by atoms with E-state index >= 15 is 0 Å². The highest BCUT2D eigenvalue weighted by atomic mass is 127. The number of nitrogens with zero attached hydrogens (tertiary/aromatic N) is 2. The maximum Gasteiger partial charge on any atom is 0.308 e. The number of ether oxygens (including phenoxy) is 2. The van der Waals surface area contributed by atoms with E-state index in [1.54, 1.807) is 12.1 Å². The lowest BCUT2D eigenvalue weighted by molar-refractivity contribution is -0.384. The van der Waals surface area contributed by atoms with Gasteiger partial charge in [-0.2, -0.15) is 5.10 Å². The van der Waals surface area contributed by atoms with Crippen molar-refractivity contribution in [1.29, 1.82) is 0 Å². The minimum absolute atomic E-state index is 0.107. The number of carbonyl (C=O) groups excluding carboxylic acids is 2. The van der Waals surface area contributed by atoms with Gasteiger partial charge in [0.05, 0.1) is 21.8 Å². The van der Waals surface area contributed by atoms with Crippen LogP contribution in [0, 0.1) is 13.7 Å². The molecule has 1 amide bonds. The summed E-state index contributed by atoms with van der Waals surface area (Å²) in [7, 11) is 1.44. The number of rotatable bonds is 6. The molecule has 2 rings (SSSR count). The fraction of sp³-hybridized carbons (Fsp3) is 0.118. The smallest absolute Gasteiger partial charge is 0.308 e. The number of nitrogens with one attached hydrogen (secondary N) is 1. The van der Waals surface area contributed by atoms with Gasteiger partial charge in [-0.3, -0.25) is 19.7 Å². The van der Waals surface area contributed by atoms with Crippen LogP contribution in [0.2, 0.25) is 0 Å². The number of hydrazone groups is 1. The van der Waals surface area contributed by atoms with Crippen LogP contribution in [0.4, 0.5) is 5.69 Å². The van der Waals surface area contributed by atoms with Gasteiger partial charge in [0, 0.05) is 24.6 Å². The van der Waals surface area contributed by atoms with Gasteiger partial charge in [0.25, 0.3) is 11.6 Å². The summed E-state index contributed by atoms with van der Waals surface area (Å²) in [6.45, 7) is 1.29. The lowest BCUT2D eigenvalue weighted by atomic mass is 10.2. The fourth-order valence-corrected chi connectivity index (χ4v) is 2.76.